The molecule has 0 aliphatic heterocycles. The molecule has 0 radical (unpaired) electrons. The second-order valence-electron chi connectivity index (χ2n) is 6.59. The Morgan fingerprint density at radius 1 is 0.818 bits per heavy atom. The Bertz CT molecular complexity index is 1150. The summed E-state index contributed by atoms with van der Waals surface area (Å²) in [6.45, 7) is -0.215. The van der Waals surface area contributed by atoms with E-state index in [-0.39, 0.29) is 12.5 Å². The molecule has 0 fully saturated rings. The van der Waals surface area contributed by atoms with Gasteiger partial charge in [-0.25, -0.2) is 5.43 Å². The van der Waals surface area contributed by atoms with Crippen molar-refractivity contribution in [3.8, 4) is 11.5 Å². The zero-order valence-corrected chi connectivity index (χ0v) is 17.8. The number of benzene rings is 3. The first-order chi connectivity index (χ1) is 16.1. The molecule has 3 aromatic carbocycles. The molecular weight excluding hydrogens is 424 g/mol. The minimum absolute atomic E-state index is 0.215. The maximum atomic E-state index is 12.1. The van der Waals surface area contributed by atoms with Crippen molar-refractivity contribution >= 4 is 35.3 Å². The van der Waals surface area contributed by atoms with Gasteiger partial charge in [0.05, 0.1) is 19.0 Å². The highest BCUT2D eigenvalue weighted by molar-refractivity contribution is 6.39. The first-order valence-electron chi connectivity index (χ1n) is 9.91. The second-order valence-corrected chi connectivity index (χ2v) is 6.59. The van der Waals surface area contributed by atoms with Gasteiger partial charge in [0, 0.05) is 11.3 Å². The van der Waals surface area contributed by atoms with Crippen molar-refractivity contribution in [1.29, 1.82) is 0 Å². The Morgan fingerprint density at radius 2 is 1.48 bits per heavy atom. The van der Waals surface area contributed by atoms with Crippen molar-refractivity contribution in [2.45, 2.75) is 0 Å². The summed E-state index contributed by atoms with van der Waals surface area (Å²) in [6, 6.07) is 22.5. The molecule has 3 amide bonds. The zero-order valence-electron chi connectivity index (χ0n) is 17.8. The maximum absolute atomic E-state index is 12.1. The summed E-state index contributed by atoms with van der Waals surface area (Å²) in [5.41, 5.74) is 3.69. The quantitative estimate of drug-likeness (QED) is 0.279. The molecule has 0 unspecified atom stereocenters. The Balaban J connectivity index is 1.54. The Labute approximate surface area is 190 Å². The lowest BCUT2D eigenvalue weighted by atomic mass is 10.2. The number of carbonyl (C=O) groups excluding carboxylic acids is 3. The van der Waals surface area contributed by atoms with Crippen LogP contribution in [0, 0.1) is 0 Å². The van der Waals surface area contributed by atoms with Gasteiger partial charge < -0.3 is 20.1 Å². The average molecular weight is 446 g/mol. The van der Waals surface area contributed by atoms with E-state index in [1.807, 2.05) is 18.2 Å². The predicted molar refractivity (Wildman–Crippen MR) is 124 cm³/mol. The molecule has 168 valence electrons. The molecule has 0 aromatic heterocycles. The van der Waals surface area contributed by atoms with E-state index in [2.05, 4.69) is 21.2 Å². The number of amides is 3. The predicted octanol–water partition coefficient (Wildman–Crippen LogP) is 2.80. The number of nitrogens with one attached hydrogen (secondary N) is 3. The van der Waals surface area contributed by atoms with Gasteiger partial charge in [0.25, 0.3) is 5.91 Å². The molecule has 0 aliphatic rings. The van der Waals surface area contributed by atoms with E-state index in [4.69, 9.17) is 9.47 Å². The Hall–Kier alpha value is -4.66. The highest BCUT2D eigenvalue weighted by atomic mass is 16.5. The number of para-hydroxylation sites is 4. The van der Waals surface area contributed by atoms with Gasteiger partial charge in [-0.1, -0.05) is 42.5 Å². The molecule has 9 nitrogen and oxygen atoms in total. The van der Waals surface area contributed by atoms with E-state index in [9.17, 15) is 14.4 Å². The number of carbonyl (C=O) groups is 3. The molecule has 0 spiro atoms. The lowest BCUT2D eigenvalue weighted by molar-refractivity contribution is -0.136. The normalized spacial score (nSPS) is 10.3. The number of hydrogen-bond donors (Lipinski definition) is 3. The molecule has 3 aromatic rings. The number of hydrazone groups is 1. The summed E-state index contributed by atoms with van der Waals surface area (Å²) >= 11 is 0. The SMILES string of the molecule is COc1ccccc1NC(=O)C(=O)N/N=C\c1ccccc1OCC(=O)Nc1ccccc1. The molecule has 0 heterocycles. The van der Waals surface area contributed by atoms with Crippen molar-refractivity contribution in [3.63, 3.8) is 0 Å². The van der Waals surface area contributed by atoms with E-state index >= 15 is 0 Å². The monoisotopic (exact) mass is 446 g/mol. The number of methoxy groups -OCH3 is 1. The second kappa shape index (κ2) is 11.7. The minimum atomic E-state index is -0.960. The third-order valence-electron chi connectivity index (χ3n) is 4.27. The lowest BCUT2D eigenvalue weighted by Gasteiger charge is -2.10. The zero-order chi connectivity index (χ0) is 23.5. The molecule has 3 rings (SSSR count). The van der Waals surface area contributed by atoms with Crippen molar-refractivity contribution in [2.24, 2.45) is 5.10 Å². The van der Waals surface area contributed by atoms with Crippen LogP contribution in [-0.4, -0.2) is 37.7 Å². The number of anilines is 2. The fourth-order valence-corrected chi connectivity index (χ4v) is 2.72. The van der Waals surface area contributed by atoms with Gasteiger partial charge in [0.2, 0.25) is 0 Å². The summed E-state index contributed by atoms with van der Waals surface area (Å²) < 4.78 is 10.7. The molecule has 0 bridgehead atoms. The summed E-state index contributed by atoms with van der Waals surface area (Å²) in [4.78, 5) is 36.2. The summed E-state index contributed by atoms with van der Waals surface area (Å²) in [5, 5.41) is 8.98. The van der Waals surface area contributed by atoms with Gasteiger partial charge >= 0.3 is 11.8 Å². The van der Waals surface area contributed by atoms with Crippen LogP contribution in [0.25, 0.3) is 0 Å². The van der Waals surface area contributed by atoms with Crippen LogP contribution in [0.1, 0.15) is 5.56 Å². The van der Waals surface area contributed by atoms with Crippen LogP contribution >= 0.6 is 0 Å². The van der Waals surface area contributed by atoms with E-state index in [1.54, 1.807) is 60.7 Å². The van der Waals surface area contributed by atoms with E-state index in [1.165, 1.54) is 13.3 Å². The molecular formula is C24H22N4O5. The van der Waals surface area contributed by atoms with Crippen LogP contribution in [0.3, 0.4) is 0 Å². The van der Waals surface area contributed by atoms with Crippen molar-refractivity contribution in [1.82, 2.24) is 5.43 Å². The van der Waals surface area contributed by atoms with Crippen molar-refractivity contribution in [2.75, 3.05) is 24.4 Å². The smallest absolute Gasteiger partial charge is 0.329 e. The molecule has 3 N–H and O–H groups in total. The fraction of sp³-hybridized carbons (Fsp3) is 0.0833. The van der Waals surface area contributed by atoms with Crippen LogP contribution in [0.15, 0.2) is 84.0 Å². The Kier molecular flexibility index (Phi) is 8.13. The van der Waals surface area contributed by atoms with E-state index in [0.717, 1.165) is 0 Å². The molecule has 0 atom stereocenters. The summed E-state index contributed by atoms with van der Waals surface area (Å²) in [5.74, 6) is -1.38. The fourth-order valence-electron chi connectivity index (χ4n) is 2.72. The van der Waals surface area contributed by atoms with E-state index < -0.39 is 11.8 Å². The largest absolute Gasteiger partial charge is 0.495 e. The molecule has 0 saturated heterocycles. The van der Waals surface area contributed by atoms with Crippen molar-refractivity contribution in [3.05, 3.63) is 84.4 Å². The van der Waals surface area contributed by atoms with Crippen LogP contribution in [0.2, 0.25) is 0 Å². The highest BCUT2D eigenvalue weighted by Crippen LogP contribution is 2.22. The van der Waals surface area contributed by atoms with Crippen LogP contribution in [-0.2, 0) is 14.4 Å². The topological polar surface area (TPSA) is 118 Å². The molecule has 0 aliphatic carbocycles. The first kappa shape index (κ1) is 23.0. The number of hydrogen-bond acceptors (Lipinski definition) is 6. The van der Waals surface area contributed by atoms with Crippen molar-refractivity contribution < 1.29 is 23.9 Å². The minimum Gasteiger partial charge on any atom is -0.495 e. The molecule has 33 heavy (non-hydrogen) atoms. The number of nitrogens with zero attached hydrogens (tertiary/aromatic N) is 1. The lowest BCUT2D eigenvalue weighted by Crippen LogP contribution is -2.32. The Morgan fingerprint density at radius 3 is 2.24 bits per heavy atom. The summed E-state index contributed by atoms with van der Waals surface area (Å²) in [6.07, 6.45) is 1.32. The number of ether oxygens (including phenoxy) is 2. The maximum Gasteiger partial charge on any atom is 0.329 e. The van der Waals surface area contributed by atoms with Crippen LogP contribution < -0.4 is 25.5 Å². The van der Waals surface area contributed by atoms with Gasteiger partial charge in [-0.05, 0) is 36.4 Å². The molecule has 0 saturated carbocycles. The molecule has 9 heteroatoms. The third-order valence-corrected chi connectivity index (χ3v) is 4.27. The van der Waals surface area contributed by atoms with Gasteiger partial charge in [-0.2, -0.15) is 5.10 Å². The van der Waals surface area contributed by atoms with Crippen LogP contribution in [0.5, 0.6) is 11.5 Å². The first-order valence-corrected chi connectivity index (χ1v) is 9.91. The highest BCUT2D eigenvalue weighted by Gasteiger charge is 2.15. The summed E-state index contributed by atoms with van der Waals surface area (Å²) in [7, 11) is 1.46. The standard InChI is InChI=1S/C24H22N4O5/c1-32-21-14-8-6-12-19(21)27-23(30)24(31)28-25-15-17-9-5-7-13-20(17)33-16-22(29)26-18-10-3-2-4-11-18/h2-15H,16H2,1H3,(H,26,29)(H,27,30)(H,28,31)/b25-15-. The van der Waals surface area contributed by atoms with Crippen LogP contribution in [0.4, 0.5) is 11.4 Å². The third kappa shape index (κ3) is 6.93. The average Bonchev–Trinajstić information content (AvgIpc) is 2.84. The van der Waals surface area contributed by atoms with E-state index in [0.29, 0.717) is 28.4 Å². The van der Waals surface area contributed by atoms with Gasteiger partial charge in [0.15, 0.2) is 6.61 Å². The number of rotatable bonds is 8. The van der Waals surface area contributed by atoms with Gasteiger partial charge in [-0.15, -0.1) is 0 Å². The van der Waals surface area contributed by atoms with Gasteiger partial charge in [0.1, 0.15) is 11.5 Å². The van der Waals surface area contributed by atoms with Gasteiger partial charge in [-0.3, -0.25) is 14.4 Å².